The molecule has 16 heavy (non-hydrogen) atoms. The van der Waals surface area contributed by atoms with E-state index in [9.17, 15) is 0 Å². The van der Waals surface area contributed by atoms with E-state index >= 15 is 0 Å². The Morgan fingerprint density at radius 2 is 2.12 bits per heavy atom. The van der Waals surface area contributed by atoms with Gasteiger partial charge in [-0.05, 0) is 31.5 Å². The fourth-order valence-electron chi connectivity index (χ4n) is 1.69. The van der Waals surface area contributed by atoms with E-state index < -0.39 is 0 Å². The Labute approximate surface area is 109 Å². The van der Waals surface area contributed by atoms with Crippen molar-refractivity contribution < 1.29 is 0 Å². The number of hydrogen-bond donors (Lipinski definition) is 0. The summed E-state index contributed by atoms with van der Waals surface area (Å²) in [6, 6.07) is 6.48. The van der Waals surface area contributed by atoms with Gasteiger partial charge in [-0.2, -0.15) is 5.10 Å². The van der Waals surface area contributed by atoms with Crippen LogP contribution in [0.25, 0.3) is 11.4 Å². The molecule has 0 unspecified atom stereocenters. The Hall–Kier alpha value is -0.910. The van der Waals surface area contributed by atoms with E-state index in [1.165, 1.54) is 5.56 Å². The molecule has 0 amide bonds. The van der Waals surface area contributed by atoms with Crippen molar-refractivity contribution in [3.8, 4) is 11.4 Å². The lowest BCUT2D eigenvalue weighted by molar-refractivity contribution is 0.537. The van der Waals surface area contributed by atoms with Gasteiger partial charge in [0.25, 0.3) is 0 Å². The van der Waals surface area contributed by atoms with E-state index in [2.05, 4.69) is 52.6 Å². The number of halogens is 1. The highest BCUT2D eigenvalue weighted by Crippen LogP contribution is 2.24. The first-order chi connectivity index (χ1) is 7.74. The molecule has 2 aromatic heterocycles. The highest BCUT2D eigenvalue weighted by molar-refractivity contribution is 14.1. The second-order valence-electron chi connectivity index (χ2n) is 3.90. The van der Waals surface area contributed by atoms with Crippen LogP contribution in [-0.4, -0.2) is 14.8 Å². The van der Waals surface area contributed by atoms with Crippen molar-refractivity contribution in [3.05, 3.63) is 36.2 Å². The lowest BCUT2D eigenvalue weighted by Crippen LogP contribution is -2.06. The zero-order valence-electron chi connectivity index (χ0n) is 9.39. The van der Waals surface area contributed by atoms with E-state index in [-0.39, 0.29) is 0 Å². The molecule has 2 rings (SSSR count). The molecule has 0 spiro atoms. The standard InChI is InChI=1S/C12H14IN3/c1-9(2)16-11(5-7-15-16)12-10(8-13)4-3-6-14-12/h3-7,9H,8H2,1-2H3. The van der Waals surface area contributed by atoms with Crippen LogP contribution in [0.4, 0.5) is 0 Å². The first kappa shape index (κ1) is 11.6. The molecule has 0 N–H and O–H groups in total. The number of pyridine rings is 1. The van der Waals surface area contributed by atoms with Crippen LogP contribution in [0, 0.1) is 0 Å². The van der Waals surface area contributed by atoms with E-state index in [1.54, 1.807) is 0 Å². The minimum absolute atomic E-state index is 0.356. The largest absolute Gasteiger partial charge is 0.261 e. The van der Waals surface area contributed by atoms with Crippen LogP contribution in [0.5, 0.6) is 0 Å². The van der Waals surface area contributed by atoms with Crippen molar-refractivity contribution in [1.82, 2.24) is 14.8 Å². The Morgan fingerprint density at radius 3 is 2.81 bits per heavy atom. The van der Waals surface area contributed by atoms with Gasteiger partial charge in [0.2, 0.25) is 0 Å². The molecule has 0 aliphatic heterocycles. The third-order valence-electron chi connectivity index (χ3n) is 2.44. The van der Waals surface area contributed by atoms with Gasteiger partial charge in [0.1, 0.15) is 0 Å². The fraction of sp³-hybridized carbons (Fsp3) is 0.333. The second-order valence-corrected chi connectivity index (χ2v) is 4.66. The monoisotopic (exact) mass is 327 g/mol. The summed E-state index contributed by atoms with van der Waals surface area (Å²) in [5, 5.41) is 4.34. The summed E-state index contributed by atoms with van der Waals surface area (Å²) in [5.74, 6) is 0. The number of alkyl halides is 1. The SMILES string of the molecule is CC(C)n1nccc1-c1ncccc1CI. The molecule has 2 aromatic rings. The maximum absolute atomic E-state index is 4.47. The predicted octanol–water partition coefficient (Wildman–Crippen LogP) is 3.46. The molecule has 3 nitrogen and oxygen atoms in total. The first-order valence-corrected chi connectivity index (χ1v) is 6.80. The Balaban J connectivity index is 2.54. The predicted molar refractivity (Wildman–Crippen MR) is 73.6 cm³/mol. The van der Waals surface area contributed by atoms with Gasteiger partial charge in [-0.15, -0.1) is 0 Å². The van der Waals surface area contributed by atoms with Crippen LogP contribution >= 0.6 is 22.6 Å². The average molecular weight is 327 g/mol. The van der Waals surface area contributed by atoms with Crippen molar-refractivity contribution in [2.45, 2.75) is 24.3 Å². The van der Waals surface area contributed by atoms with Crippen LogP contribution in [-0.2, 0) is 4.43 Å². The molecule has 84 valence electrons. The highest BCUT2D eigenvalue weighted by Gasteiger charge is 2.12. The second kappa shape index (κ2) is 4.95. The number of nitrogens with zero attached hydrogens (tertiary/aromatic N) is 3. The maximum atomic E-state index is 4.47. The summed E-state index contributed by atoms with van der Waals surface area (Å²) in [5.41, 5.74) is 3.40. The van der Waals surface area contributed by atoms with Crippen molar-refractivity contribution in [1.29, 1.82) is 0 Å². The molecule has 2 heterocycles. The lowest BCUT2D eigenvalue weighted by atomic mass is 10.1. The van der Waals surface area contributed by atoms with Gasteiger partial charge in [-0.3, -0.25) is 9.67 Å². The van der Waals surface area contributed by atoms with Gasteiger partial charge < -0.3 is 0 Å². The summed E-state index contributed by atoms with van der Waals surface area (Å²) in [6.45, 7) is 4.26. The van der Waals surface area contributed by atoms with E-state index in [0.717, 1.165) is 15.8 Å². The number of rotatable bonds is 3. The van der Waals surface area contributed by atoms with Crippen LogP contribution in [0.1, 0.15) is 25.5 Å². The molecule has 0 saturated carbocycles. The van der Waals surface area contributed by atoms with Crippen LogP contribution in [0.15, 0.2) is 30.6 Å². The molecule has 0 bridgehead atoms. The molecule has 0 aliphatic rings. The summed E-state index contributed by atoms with van der Waals surface area (Å²) in [6.07, 6.45) is 3.67. The third-order valence-corrected chi connectivity index (χ3v) is 3.26. The third kappa shape index (κ3) is 2.11. The Bertz CT molecular complexity index is 477. The van der Waals surface area contributed by atoms with Gasteiger partial charge >= 0.3 is 0 Å². The molecule has 4 heteroatoms. The molecule has 0 fully saturated rings. The van der Waals surface area contributed by atoms with E-state index in [4.69, 9.17) is 0 Å². The van der Waals surface area contributed by atoms with Gasteiger partial charge in [-0.25, -0.2) is 0 Å². The van der Waals surface area contributed by atoms with Gasteiger partial charge in [0.05, 0.1) is 11.4 Å². The van der Waals surface area contributed by atoms with Crippen molar-refractivity contribution in [2.24, 2.45) is 0 Å². The van der Waals surface area contributed by atoms with Gasteiger partial charge in [0.15, 0.2) is 0 Å². The van der Waals surface area contributed by atoms with Crippen LogP contribution in [0.3, 0.4) is 0 Å². The minimum Gasteiger partial charge on any atom is -0.261 e. The summed E-state index contributed by atoms with van der Waals surface area (Å²) >= 11 is 2.36. The highest BCUT2D eigenvalue weighted by atomic mass is 127. The molecule has 0 aliphatic carbocycles. The lowest BCUT2D eigenvalue weighted by Gasteiger charge is -2.12. The first-order valence-electron chi connectivity index (χ1n) is 5.27. The Morgan fingerprint density at radius 1 is 1.31 bits per heavy atom. The molecule has 0 radical (unpaired) electrons. The van der Waals surface area contributed by atoms with Crippen LogP contribution in [0.2, 0.25) is 0 Å². The summed E-state index contributed by atoms with van der Waals surface area (Å²) < 4.78 is 2.97. The zero-order valence-corrected chi connectivity index (χ0v) is 11.5. The van der Waals surface area contributed by atoms with Crippen molar-refractivity contribution >= 4 is 22.6 Å². The average Bonchev–Trinajstić information content (AvgIpc) is 2.77. The fourth-order valence-corrected chi connectivity index (χ4v) is 2.31. The number of hydrogen-bond acceptors (Lipinski definition) is 2. The quantitative estimate of drug-likeness (QED) is 0.638. The van der Waals surface area contributed by atoms with Gasteiger partial charge in [0, 0.05) is 22.9 Å². The minimum atomic E-state index is 0.356. The molecular weight excluding hydrogens is 313 g/mol. The molecule has 0 saturated heterocycles. The summed E-state index contributed by atoms with van der Waals surface area (Å²) in [7, 11) is 0. The molecule has 0 aromatic carbocycles. The van der Waals surface area contributed by atoms with Crippen molar-refractivity contribution in [3.63, 3.8) is 0 Å². The molecule has 0 atom stereocenters. The van der Waals surface area contributed by atoms with Crippen LogP contribution < -0.4 is 0 Å². The molecular formula is C12H14IN3. The number of aromatic nitrogens is 3. The topological polar surface area (TPSA) is 30.7 Å². The van der Waals surface area contributed by atoms with E-state index in [0.29, 0.717) is 6.04 Å². The zero-order chi connectivity index (χ0) is 11.5. The van der Waals surface area contributed by atoms with E-state index in [1.807, 2.05) is 29.2 Å². The normalized spacial score (nSPS) is 11.0. The summed E-state index contributed by atoms with van der Waals surface area (Å²) in [4.78, 5) is 4.47. The van der Waals surface area contributed by atoms with Crippen molar-refractivity contribution in [2.75, 3.05) is 0 Å². The van der Waals surface area contributed by atoms with Gasteiger partial charge in [-0.1, -0.05) is 28.7 Å². The smallest absolute Gasteiger partial charge is 0.0922 e. The maximum Gasteiger partial charge on any atom is 0.0922 e. The Kier molecular flexibility index (Phi) is 3.58.